The number of ether oxygens (including phenoxy) is 1. The molecule has 15 heavy (non-hydrogen) atoms. The summed E-state index contributed by atoms with van der Waals surface area (Å²) in [5, 5.41) is 0. The fourth-order valence-electron chi connectivity index (χ4n) is 2.10. The van der Waals surface area contributed by atoms with Crippen LogP contribution in [0.25, 0.3) is 0 Å². The minimum absolute atomic E-state index is 0.465. The first kappa shape index (κ1) is 10.1. The van der Waals surface area contributed by atoms with Gasteiger partial charge in [-0.25, -0.2) is 0 Å². The molecule has 1 fully saturated rings. The highest BCUT2D eigenvalue weighted by Crippen LogP contribution is 2.33. The van der Waals surface area contributed by atoms with E-state index in [2.05, 4.69) is 18.2 Å². The van der Waals surface area contributed by atoms with Gasteiger partial charge in [0, 0.05) is 21.5 Å². The Labute approximate surface area is 97.9 Å². The summed E-state index contributed by atoms with van der Waals surface area (Å²) >= 11 is 2.00. The van der Waals surface area contributed by atoms with Crippen molar-refractivity contribution >= 4 is 22.7 Å². The molecule has 0 amide bonds. The Morgan fingerprint density at radius 1 is 1.20 bits per heavy atom. The first-order chi connectivity index (χ1) is 7.43. The molecule has 0 aromatic heterocycles. The summed E-state index contributed by atoms with van der Waals surface area (Å²) in [5.74, 6) is 3.73. The molecular formula is C12H15OS2+. The lowest BCUT2D eigenvalue weighted by Gasteiger charge is -2.14. The smallest absolute Gasteiger partial charge is 0.155 e. The molecular weight excluding hydrogens is 224 g/mol. The van der Waals surface area contributed by atoms with Crippen molar-refractivity contribution in [2.24, 2.45) is 0 Å². The zero-order valence-corrected chi connectivity index (χ0v) is 10.3. The molecule has 0 atom stereocenters. The van der Waals surface area contributed by atoms with Gasteiger partial charge in [0.25, 0.3) is 0 Å². The molecule has 0 N–H and O–H groups in total. The summed E-state index contributed by atoms with van der Waals surface area (Å²) in [5.41, 5.74) is 1.58. The van der Waals surface area contributed by atoms with E-state index in [-0.39, 0.29) is 0 Å². The average Bonchev–Trinajstić information content (AvgIpc) is 2.77. The van der Waals surface area contributed by atoms with Crippen molar-refractivity contribution < 1.29 is 4.74 Å². The molecule has 2 heterocycles. The number of hydrogen-bond donors (Lipinski definition) is 0. The van der Waals surface area contributed by atoms with Crippen LogP contribution in [0.5, 0.6) is 0 Å². The monoisotopic (exact) mass is 239 g/mol. The largest absolute Gasteiger partial charge is 0.372 e. The standard InChI is InChI=1S/C12H15OS2/c1-2-12-10(3-6-14-12)9-11(1)15-7-4-13-5-8-15/h1-2,9H,3-8H2/q+1. The number of thioether (sulfide) groups is 1. The zero-order valence-electron chi connectivity index (χ0n) is 8.70. The van der Waals surface area contributed by atoms with Crippen LogP contribution >= 0.6 is 11.8 Å². The third-order valence-electron chi connectivity index (χ3n) is 2.94. The highest BCUT2D eigenvalue weighted by atomic mass is 32.2. The molecule has 3 rings (SSSR count). The van der Waals surface area contributed by atoms with Crippen molar-refractivity contribution in [2.75, 3.05) is 30.5 Å². The van der Waals surface area contributed by atoms with Crippen molar-refractivity contribution in [1.29, 1.82) is 0 Å². The SMILES string of the molecule is c1cc2c(cc1[S+]1CCOCC1)CCS2. The van der Waals surface area contributed by atoms with Crippen LogP contribution in [0.15, 0.2) is 28.0 Å². The van der Waals surface area contributed by atoms with E-state index < -0.39 is 0 Å². The van der Waals surface area contributed by atoms with Gasteiger partial charge < -0.3 is 4.74 Å². The molecule has 2 aliphatic rings. The second-order valence-corrected chi connectivity index (χ2v) is 7.29. The molecule has 0 aliphatic carbocycles. The summed E-state index contributed by atoms with van der Waals surface area (Å²) in [6, 6.07) is 7.11. The van der Waals surface area contributed by atoms with Gasteiger partial charge in [-0.3, -0.25) is 0 Å². The number of rotatable bonds is 1. The fourth-order valence-corrected chi connectivity index (χ4v) is 5.04. The van der Waals surface area contributed by atoms with Gasteiger partial charge >= 0.3 is 0 Å². The molecule has 2 aliphatic heterocycles. The van der Waals surface area contributed by atoms with Gasteiger partial charge in [-0.2, -0.15) is 0 Å². The predicted octanol–water partition coefficient (Wildman–Crippen LogP) is 2.34. The van der Waals surface area contributed by atoms with Crippen LogP contribution in [0.1, 0.15) is 5.56 Å². The topological polar surface area (TPSA) is 9.23 Å². The average molecular weight is 239 g/mol. The van der Waals surface area contributed by atoms with E-state index >= 15 is 0 Å². The van der Waals surface area contributed by atoms with Crippen molar-refractivity contribution in [3.8, 4) is 0 Å². The number of aryl methyl sites for hydroxylation is 1. The molecule has 1 aromatic carbocycles. The van der Waals surface area contributed by atoms with Gasteiger partial charge in [0.1, 0.15) is 11.5 Å². The Balaban J connectivity index is 1.85. The van der Waals surface area contributed by atoms with Gasteiger partial charge in [0.2, 0.25) is 0 Å². The van der Waals surface area contributed by atoms with Gasteiger partial charge in [-0.1, -0.05) is 0 Å². The van der Waals surface area contributed by atoms with Gasteiger partial charge in [-0.05, 0) is 30.2 Å². The lowest BCUT2D eigenvalue weighted by atomic mass is 10.2. The van der Waals surface area contributed by atoms with Crippen LogP contribution in [0, 0.1) is 0 Å². The van der Waals surface area contributed by atoms with Gasteiger partial charge in [-0.15, -0.1) is 11.8 Å². The Bertz CT molecular complexity index is 359. The van der Waals surface area contributed by atoms with E-state index in [1.165, 1.54) is 28.6 Å². The van der Waals surface area contributed by atoms with E-state index in [4.69, 9.17) is 4.74 Å². The molecule has 1 saturated heterocycles. The Morgan fingerprint density at radius 3 is 2.93 bits per heavy atom. The molecule has 0 saturated carbocycles. The highest BCUT2D eigenvalue weighted by Gasteiger charge is 2.26. The maximum atomic E-state index is 5.42. The lowest BCUT2D eigenvalue weighted by molar-refractivity contribution is 0.159. The van der Waals surface area contributed by atoms with Crippen LogP contribution in [0.3, 0.4) is 0 Å². The molecule has 0 unspecified atom stereocenters. The van der Waals surface area contributed by atoms with E-state index in [9.17, 15) is 0 Å². The normalized spacial score (nSPS) is 21.6. The second-order valence-electron chi connectivity index (χ2n) is 3.88. The van der Waals surface area contributed by atoms with Crippen LogP contribution in [-0.4, -0.2) is 30.5 Å². The van der Waals surface area contributed by atoms with E-state index in [1.54, 1.807) is 10.5 Å². The van der Waals surface area contributed by atoms with Crippen molar-refractivity contribution in [2.45, 2.75) is 16.2 Å². The number of hydrogen-bond acceptors (Lipinski definition) is 2. The minimum atomic E-state index is 0.465. The molecule has 1 aromatic rings. The summed E-state index contributed by atoms with van der Waals surface area (Å²) in [7, 11) is 0.465. The predicted molar refractivity (Wildman–Crippen MR) is 67.1 cm³/mol. The van der Waals surface area contributed by atoms with Crippen LogP contribution < -0.4 is 0 Å². The van der Waals surface area contributed by atoms with Gasteiger partial charge in [0.15, 0.2) is 4.90 Å². The molecule has 0 radical (unpaired) electrons. The Kier molecular flexibility index (Phi) is 2.95. The van der Waals surface area contributed by atoms with Crippen molar-refractivity contribution in [3.05, 3.63) is 23.8 Å². The van der Waals surface area contributed by atoms with Crippen molar-refractivity contribution in [3.63, 3.8) is 0 Å². The Morgan fingerprint density at radius 2 is 2.07 bits per heavy atom. The van der Waals surface area contributed by atoms with E-state index in [0.29, 0.717) is 10.9 Å². The number of benzene rings is 1. The summed E-state index contributed by atoms with van der Waals surface area (Å²) in [4.78, 5) is 3.08. The van der Waals surface area contributed by atoms with Crippen molar-refractivity contribution in [1.82, 2.24) is 0 Å². The third kappa shape index (κ3) is 2.05. The molecule has 3 heteroatoms. The number of fused-ring (bicyclic) bond motifs is 1. The Hall–Kier alpha value is -0.120. The fraction of sp³-hybridized carbons (Fsp3) is 0.500. The van der Waals surface area contributed by atoms with Crippen LogP contribution in [0.2, 0.25) is 0 Å². The molecule has 0 bridgehead atoms. The molecule has 0 spiro atoms. The summed E-state index contributed by atoms with van der Waals surface area (Å²) in [6.45, 7) is 1.91. The zero-order chi connectivity index (χ0) is 10.1. The van der Waals surface area contributed by atoms with E-state index in [0.717, 1.165) is 13.2 Å². The molecule has 80 valence electrons. The van der Waals surface area contributed by atoms with Crippen LogP contribution in [0.4, 0.5) is 0 Å². The minimum Gasteiger partial charge on any atom is -0.372 e. The quantitative estimate of drug-likeness (QED) is 0.696. The maximum absolute atomic E-state index is 5.42. The lowest BCUT2D eigenvalue weighted by Crippen LogP contribution is -2.26. The summed E-state index contributed by atoms with van der Waals surface area (Å²) in [6.07, 6.45) is 1.27. The first-order valence-electron chi connectivity index (χ1n) is 5.44. The second kappa shape index (κ2) is 4.40. The van der Waals surface area contributed by atoms with Crippen LogP contribution in [-0.2, 0) is 22.1 Å². The molecule has 1 nitrogen and oxygen atoms in total. The highest BCUT2D eigenvalue weighted by molar-refractivity contribution is 7.99. The summed E-state index contributed by atoms with van der Waals surface area (Å²) < 4.78 is 5.42. The maximum Gasteiger partial charge on any atom is 0.155 e. The first-order valence-corrected chi connectivity index (χ1v) is 7.99. The third-order valence-corrected chi connectivity index (χ3v) is 6.30. The van der Waals surface area contributed by atoms with Gasteiger partial charge in [0.05, 0.1) is 13.2 Å². The van der Waals surface area contributed by atoms with E-state index in [1.807, 2.05) is 11.8 Å².